The van der Waals surface area contributed by atoms with Crippen LogP contribution in [0.15, 0.2) is 18.2 Å². The molecule has 0 radical (unpaired) electrons. The van der Waals surface area contributed by atoms with Crippen molar-refractivity contribution in [3.63, 3.8) is 0 Å². The van der Waals surface area contributed by atoms with Gasteiger partial charge in [0.25, 0.3) is 0 Å². The molecule has 1 atom stereocenters. The first-order chi connectivity index (χ1) is 8.02. The van der Waals surface area contributed by atoms with E-state index in [-0.39, 0.29) is 18.5 Å². The number of ether oxygens (including phenoxy) is 2. The van der Waals surface area contributed by atoms with Gasteiger partial charge >= 0.3 is 5.97 Å². The summed E-state index contributed by atoms with van der Waals surface area (Å²) < 4.78 is 10.1. The number of rotatable bonds is 5. The van der Waals surface area contributed by atoms with Crippen molar-refractivity contribution in [3.8, 4) is 0 Å². The number of carbonyl (C=O) groups excluding carboxylic acids is 1. The van der Waals surface area contributed by atoms with Gasteiger partial charge in [0.05, 0.1) is 13.0 Å². The number of aryl methyl sites for hydroxylation is 1. The minimum atomic E-state index is -0.287. The number of carbonyl (C=O) groups is 1. The molecule has 2 N–H and O–H groups in total. The van der Waals surface area contributed by atoms with E-state index in [4.69, 9.17) is 15.2 Å². The lowest BCUT2D eigenvalue weighted by Gasteiger charge is -2.12. The number of methoxy groups -OCH3 is 1. The first kappa shape index (κ1) is 13.5. The molecule has 1 unspecified atom stereocenters. The number of nitrogens with two attached hydrogens (primary N) is 1. The van der Waals surface area contributed by atoms with E-state index in [1.54, 1.807) is 14.0 Å². The fourth-order valence-electron chi connectivity index (χ4n) is 1.57. The van der Waals surface area contributed by atoms with Gasteiger partial charge in [0.1, 0.15) is 6.10 Å². The van der Waals surface area contributed by atoms with Crippen LogP contribution >= 0.6 is 0 Å². The Labute approximate surface area is 102 Å². The molecule has 0 aliphatic rings. The summed E-state index contributed by atoms with van der Waals surface area (Å²) in [4.78, 5) is 11.6. The van der Waals surface area contributed by atoms with E-state index >= 15 is 0 Å². The molecule has 0 saturated heterocycles. The molecule has 4 heteroatoms. The zero-order valence-electron chi connectivity index (χ0n) is 10.5. The summed E-state index contributed by atoms with van der Waals surface area (Å²) in [6, 6.07) is 5.63. The van der Waals surface area contributed by atoms with Crippen LogP contribution in [0.2, 0.25) is 0 Å². The molecule has 0 fully saturated rings. The van der Waals surface area contributed by atoms with E-state index in [0.29, 0.717) is 12.3 Å². The Kier molecular flexibility index (Phi) is 4.97. The third-order valence-electron chi connectivity index (χ3n) is 2.37. The maximum absolute atomic E-state index is 11.6. The van der Waals surface area contributed by atoms with E-state index < -0.39 is 0 Å². The molecular formula is C13H19NO3. The first-order valence-electron chi connectivity index (χ1n) is 5.56. The van der Waals surface area contributed by atoms with Crippen LogP contribution in [-0.2, 0) is 20.7 Å². The number of hydrogen-bond acceptors (Lipinski definition) is 4. The Morgan fingerprint density at radius 3 is 2.76 bits per heavy atom. The second-order valence-electron chi connectivity index (χ2n) is 4.13. The van der Waals surface area contributed by atoms with Gasteiger partial charge in [0.2, 0.25) is 0 Å². The largest absolute Gasteiger partial charge is 0.460 e. The van der Waals surface area contributed by atoms with E-state index in [1.165, 1.54) is 0 Å². The quantitative estimate of drug-likeness (QED) is 0.625. The fourth-order valence-corrected chi connectivity index (χ4v) is 1.57. The van der Waals surface area contributed by atoms with Crippen LogP contribution in [0, 0.1) is 6.92 Å². The van der Waals surface area contributed by atoms with Gasteiger partial charge in [-0.1, -0.05) is 12.1 Å². The number of hydrogen-bond donors (Lipinski definition) is 1. The predicted molar refractivity (Wildman–Crippen MR) is 66.7 cm³/mol. The molecule has 1 aromatic rings. The molecule has 0 spiro atoms. The minimum absolute atomic E-state index is 0.195. The van der Waals surface area contributed by atoms with Gasteiger partial charge in [-0.2, -0.15) is 0 Å². The van der Waals surface area contributed by atoms with Crippen molar-refractivity contribution in [3.05, 3.63) is 29.3 Å². The summed E-state index contributed by atoms with van der Waals surface area (Å²) in [5.74, 6) is -0.287. The van der Waals surface area contributed by atoms with Gasteiger partial charge in [-0.15, -0.1) is 0 Å². The summed E-state index contributed by atoms with van der Waals surface area (Å²) in [7, 11) is 1.57. The zero-order chi connectivity index (χ0) is 12.8. The number of benzene rings is 1. The molecule has 1 rings (SSSR count). The lowest BCUT2D eigenvalue weighted by molar-refractivity contribution is -0.149. The Morgan fingerprint density at radius 2 is 2.18 bits per heavy atom. The van der Waals surface area contributed by atoms with Gasteiger partial charge < -0.3 is 15.2 Å². The van der Waals surface area contributed by atoms with Crippen molar-refractivity contribution in [2.45, 2.75) is 26.4 Å². The first-order valence-corrected chi connectivity index (χ1v) is 5.56. The average Bonchev–Trinajstić information content (AvgIpc) is 2.22. The molecule has 0 aliphatic carbocycles. The summed E-state index contributed by atoms with van der Waals surface area (Å²) in [5, 5.41) is 0. The highest BCUT2D eigenvalue weighted by Gasteiger charge is 2.11. The molecule has 0 bridgehead atoms. The van der Waals surface area contributed by atoms with E-state index in [2.05, 4.69) is 0 Å². The maximum atomic E-state index is 11.6. The van der Waals surface area contributed by atoms with Crippen molar-refractivity contribution in [1.29, 1.82) is 0 Å². The van der Waals surface area contributed by atoms with Crippen molar-refractivity contribution < 1.29 is 14.3 Å². The monoisotopic (exact) mass is 237 g/mol. The molecule has 1 aromatic carbocycles. The smallest absolute Gasteiger partial charge is 0.310 e. The minimum Gasteiger partial charge on any atom is -0.460 e. The molecule has 0 heterocycles. The van der Waals surface area contributed by atoms with Crippen LogP contribution in [0.1, 0.15) is 18.1 Å². The summed E-state index contributed by atoms with van der Waals surface area (Å²) in [6.45, 7) is 4.15. The highest BCUT2D eigenvalue weighted by atomic mass is 16.6. The highest BCUT2D eigenvalue weighted by molar-refractivity contribution is 5.75. The van der Waals surface area contributed by atoms with Crippen LogP contribution in [-0.4, -0.2) is 25.8 Å². The third-order valence-corrected chi connectivity index (χ3v) is 2.37. The van der Waals surface area contributed by atoms with Crippen LogP contribution in [0.4, 0.5) is 5.69 Å². The van der Waals surface area contributed by atoms with Crippen molar-refractivity contribution >= 4 is 11.7 Å². The molecule has 0 amide bonds. The fraction of sp³-hybridized carbons (Fsp3) is 0.462. The van der Waals surface area contributed by atoms with E-state index in [0.717, 1.165) is 11.1 Å². The molecule has 0 aliphatic heterocycles. The SMILES string of the molecule is COCC(C)OC(=O)Cc1ccc(C)cc1N. The topological polar surface area (TPSA) is 61.5 Å². The lowest BCUT2D eigenvalue weighted by Crippen LogP contribution is -2.21. The number of esters is 1. The Balaban J connectivity index is 2.56. The van der Waals surface area contributed by atoms with Gasteiger partial charge in [-0.3, -0.25) is 4.79 Å². The van der Waals surface area contributed by atoms with Gasteiger partial charge in [-0.05, 0) is 31.0 Å². The Morgan fingerprint density at radius 1 is 1.47 bits per heavy atom. The highest BCUT2D eigenvalue weighted by Crippen LogP contribution is 2.15. The van der Waals surface area contributed by atoms with Crippen molar-refractivity contribution in [2.24, 2.45) is 0 Å². The molecule has 94 valence electrons. The third kappa shape index (κ3) is 4.44. The van der Waals surface area contributed by atoms with Gasteiger partial charge in [0, 0.05) is 12.8 Å². The van der Waals surface area contributed by atoms with Crippen molar-refractivity contribution in [1.82, 2.24) is 0 Å². The Bertz CT molecular complexity index is 390. The van der Waals surface area contributed by atoms with Crippen LogP contribution in [0.3, 0.4) is 0 Å². The second-order valence-corrected chi connectivity index (χ2v) is 4.13. The summed E-state index contributed by atoms with van der Waals surface area (Å²) in [5.41, 5.74) is 8.33. The Hall–Kier alpha value is -1.55. The molecular weight excluding hydrogens is 218 g/mol. The van der Waals surface area contributed by atoms with E-state index in [9.17, 15) is 4.79 Å². The summed E-state index contributed by atoms with van der Waals surface area (Å²) >= 11 is 0. The van der Waals surface area contributed by atoms with Gasteiger partial charge in [-0.25, -0.2) is 0 Å². The average molecular weight is 237 g/mol. The number of nitrogen functional groups attached to an aromatic ring is 1. The zero-order valence-corrected chi connectivity index (χ0v) is 10.5. The van der Waals surface area contributed by atoms with E-state index in [1.807, 2.05) is 25.1 Å². The van der Waals surface area contributed by atoms with Crippen LogP contribution in [0.5, 0.6) is 0 Å². The van der Waals surface area contributed by atoms with Crippen molar-refractivity contribution in [2.75, 3.05) is 19.5 Å². The lowest BCUT2D eigenvalue weighted by atomic mass is 10.1. The predicted octanol–water partition coefficient (Wildman–Crippen LogP) is 1.70. The summed E-state index contributed by atoms with van der Waals surface area (Å²) in [6.07, 6.45) is -0.0423. The number of anilines is 1. The van der Waals surface area contributed by atoms with Crippen LogP contribution in [0.25, 0.3) is 0 Å². The maximum Gasteiger partial charge on any atom is 0.310 e. The standard InChI is InChI=1S/C13H19NO3/c1-9-4-5-11(12(14)6-9)7-13(15)17-10(2)8-16-3/h4-6,10H,7-8,14H2,1-3H3. The molecule has 4 nitrogen and oxygen atoms in total. The normalized spacial score (nSPS) is 12.2. The van der Waals surface area contributed by atoms with Gasteiger partial charge in [0.15, 0.2) is 0 Å². The second kappa shape index (κ2) is 6.25. The van der Waals surface area contributed by atoms with Crippen LogP contribution < -0.4 is 5.73 Å². The molecule has 0 aromatic heterocycles. The molecule has 0 saturated carbocycles. The molecule has 17 heavy (non-hydrogen) atoms.